The Bertz CT molecular complexity index is 844. The zero-order chi connectivity index (χ0) is 17.2. The Kier molecular flexibility index (Phi) is 4.24. The van der Waals surface area contributed by atoms with E-state index in [1.807, 2.05) is 25.1 Å². The van der Waals surface area contributed by atoms with Crippen LogP contribution in [-0.4, -0.2) is 10.1 Å². The van der Waals surface area contributed by atoms with Crippen molar-refractivity contribution in [1.82, 2.24) is 10.1 Å². The minimum absolute atomic E-state index is 0.0175. The fourth-order valence-electron chi connectivity index (χ4n) is 2.11. The minimum Gasteiger partial charge on any atom is -0.485 e. The molecule has 3 rings (SSSR count). The number of nitrogens with zero attached hydrogens (tertiary/aromatic N) is 2. The van der Waals surface area contributed by atoms with Crippen LogP contribution in [0, 0.1) is 6.92 Å². The maximum atomic E-state index is 12.7. The first-order valence-electron chi connectivity index (χ1n) is 7.11. The summed E-state index contributed by atoms with van der Waals surface area (Å²) in [6.45, 7) is 2.00. The molecule has 0 aliphatic rings. The number of ether oxygens (including phenoxy) is 1. The molecule has 4 nitrogen and oxygen atoms in total. The third-order valence-corrected chi connectivity index (χ3v) is 3.26. The molecule has 2 aromatic carbocycles. The van der Waals surface area contributed by atoms with Gasteiger partial charge < -0.3 is 9.26 Å². The van der Waals surface area contributed by atoms with Gasteiger partial charge in [-0.1, -0.05) is 23.4 Å². The number of hydrogen-bond acceptors (Lipinski definition) is 4. The largest absolute Gasteiger partial charge is 0.485 e. The molecule has 0 radical (unpaired) electrons. The van der Waals surface area contributed by atoms with Crippen LogP contribution in [0.15, 0.2) is 53.1 Å². The van der Waals surface area contributed by atoms with Gasteiger partial charge in [-0.05, 0) is 42.8 Å². The zero-order valence-electron chi connectivity index (χ0n) is 12.7. The second-order valence-electron chi connectivity index (χ2n) is 5.20. The molecule has 0 aliphatic heterocycles. The molecular formula is C17H13F3N2O2. The van der Waals surface area contributed by atoms with E-state index >= 15 is 0 Å². The Balaban J connectivity index is 1.74. The maximum absolute atomic E-state index is 12.7. The third kappa shape index (κ3) is 3.73. The molecule has 0 aliphatic carbocycles. The molecule has 0 atom stereocenters. The number of hydrogen-bond donors (Lipinski definition) is 0. The average molecular weight is 334 g/mol. The number of aryl methyl sites for hydroxylation is 1. The SMILES string of the molecule is Cc1cccc(OCc2noc(-c3cccc(C(F)(F)F)c3)n2)c1. The molecule has 7 heteroatoms. The van der Waals surface area contributed by atoms with E-state index in [9.17, 15) is 13.2 Å². The first-order valence-corrected chi connectivity index (χ1v) is 7.11. The van der Waals surface area contributed by atoms with E-state index in [2.05, 4.69) is 10.1 Å². The normalized spacial score (nSPS) is 11.5. The number of alkyl halides is 3. The highest BCUT2D eigenvalue weighted by Crippen LogP contribution is 2.31. The second-order valence-corrected chi connectivity index (χ2v) is 5.20. The van der Waals surface area contributed by atoms with E-state index in [1.54, 1.807) is 6.07 Å². The summed E-state index contributed by atoms with van der Waals surface area (Å²) in [7, 11) is 0. The number of benzene rings is 2. The molecule has 3 aromatic rings. The van der Waals surface area contributed by atoms with Crippen molar-refractivity contribution in [1.29, 1.82) is 0 Å². The molecule has 0 fully saturated rings. The lowest BCUT2D eigenvalue weighted by molar-refractivity contribution is -0.137. The molecule has 0 spiro atoms. The molecule has 0 N–H and O–H groups in total. The molecule has 1 aromatic heterocycles. The van der Waals surface area contributed by atoms with Crippen LogP contribution in [-0.2, 0) is 12.8 Å². The van der Waals surface area contributed by atoms with Crippen molar-refractivity contribution in [3.05, 3.63) is 65.5 Å². The Morgan fingerprint density at radius 3 is 2.62 bits per heavy atom. The lowest BCUT2D eigenvalue weighted by atomic mass is 10.1. The molecule has 24 heavy (non-hydrogen) atoms. The monoisotopic (exact) mass is 334 g/mol. The number of aromatic nitrogens is 2. The first kappa shape index (κ1) is 16.0. The van der Waals surface area contributed by atoms with Gasteiger partial charge in [-0.2, -0.15) is 18.2 Å². The Morgan fingerprint density at radius 1 is 1.08 bits per heavy atom. The van der Waals surface area contributed by atoms with Gasteiger partial charge >= 0.3 is 6.18 Å². The van der Waals surface area contributed by atoms with E-state index in [0.29, 0.717) is 5.75 Å². The van der Waals surface area contributed by atoms with Crippen LogP contribution in [0.5, 0.6) is 5.75 Å². The Morgan fingerprint density at radius 2 is 1.88 bits per heavy atom. The van der Waals surface area contributed by atoms with E-state index in [1.165, 1.54) is 12.1 Å². The van der Waals surface area contributed by atoms with Crippen molar-refractivity contribution in [2.24, 2.45) is 0 Å². The summed E-state index contributed by atoms with van der Waals surface area (Å²) in [5.41, 5.74) is 0.486. The molecule has 0 bridgehead atoms. The standard InChI is InChI=1S/C17H13F3N2O2/c1-11-4-2-7-14(8-11)23-10-15-21-16(24-22-15)12-5-3-6-13(9-12)17(18,19)20/h2-9H,10H2,1H3. The van der Waals surface area contributed by atoms with Gasteiger partial charge in [0, 0.05) is 5.56 Å². The van der Waals surface area contributed by atoms with Gasteiger partial charge in [0.1, 0.15) is 5.75 Å². The summed E-state index contributed by atoms with van der Waals surface area (Å²) >= 11 is 0. The predicted octanol–water partition coefficient (Wildman–Crippen LogP) is 4.64. The van der Waals surface area contributed by atoms with Gasteiger partial charge in [-0.3, -0.25) is 0 Å². The summed E-state index contributed by atoms with van der Waals surface area (Å²) in [5.74, 6) is 0.924. The lowest BCUT2D eigenvalue weighted by Gasteiger charge is -2.06. The van der Waals surface area contributed by atoms with Crippen LogP contribution in [0.3, 0.4) is 0 Å². The highest BCUT2D eigenvalue weighted by Gasteiger charge is 2.30. The van der Waals surface area contributed by atoms with Gasteiger partial charge in [0.25, 0.3) is 5.89 Å². The Hall–Kier alpha value is -2.83. The smallest absolute Gasteiger partial charge is 0.416 e. The van der Waals surface area contributed by atoms with Crippen molar-refractivity contribution < 1.29 is 22.4 Å². The van der Waals surface area contributed by atoms with E-state index in [0.717, 1.165) is 17.7 Å². The van der Waals surface area contributed by atoms with Crippen LogP contribution in [0.2, 0.25) is 0 Å². The maximum Gasteiger partial charge on any atom is 0.416 e. The fourth-order valence-corrected chi connectivity index (χ4v) is 2.11. The van der Waals surface area contributed by atoms with Gasteiger partial charge in [0.15, 0.2) is 6.61 Å². The average Bonchev–Trinajstić information content (AvgIpc) is 3.01. The zero-order valence-corrected chi connectivity index (χ0v) is 12.7. The number of rotatable bonds is 4. The van der Waals surface area contributed by atoms with Crippen LogP contribution in [0.4, 0.5) is 13.2 Å². The topological polar surface area (TPSA) is 48.2 Å². The summed E-state index contributed by atoms with van der Waals surface area (Å²) in [5, 5.41) is 3.73. The van der Waals surface area contributed by atoms with Crippen molar-refractivity contribution in [3.8, 4) is 17.2 Å². The van der Waals surface area contributed by atoms with Crippen LogP contribution < -0.4 is 4.74 Å². The highest BCUT2D eigenvalue weighted by atomic mass is 19.4. The highest BCUT2D eigenvalue weighted by molar-refractivity contribution is 5.54. The summed E-state index contributed by atoms with van der Waals surface area (Å²) in [6.07, 6.45) is -4.42. The minimum atomic E-state index is -4.42. The van der Waals surface area contributed by atoms with Gasteiger partial charge in [0.2, 0.25) is 5.82 Å². The lowest BCUT2D eigenvalue weighted by Crippen LogP contribution is -2.04. The molecule has 0 amide bonds. The molecular weight excluding hydrogens is 321 g/mol. The molecule has 1 heterocycles. The van der Waals surface area contributed by atoms with Crippen LogP contribution in [0.25, 0.3) is 11.5 Å². The third-order valence-electron chi connectivity index (χ3n) is 3.26. The molecule has 0 saturated carbocycles. The quantitative estimate of drug-likeness (QED) is 0.697. The number of halogens is 3. The van der Waals surface area contributed by atoms with Crippen molar-refractivity contribution in [3.63, 3.8) is 0 Å². The summed E-state index contributed by atoms with van der Waals surface area (Å²) in [6, 6.07) is 12.2. The summed E-state index contributed by atoms with van der Waals surface area (Å²) in [4.78, 5) is 4.07. The van der Waals surface area contributed by atoms with Gasteiger partial charge in [0.05, 0.1) is 5.56 Å². The van der Waals surface area contributed by atoms with Crippen molar-refractivity contribution >= 4 is 0 Å². The van der Waals surface area contributed by atoms with Gasteiger partial charge in [-0.25, -0.2) is 0 Å². The van der Waals surface area contributed by atoms with E-state index in [4.69, 9.17) is 9.26 Å². The molecule has 0 unspecified atom stereocenters. The van der Waals surface area contributed by atoms with E-state index < -0.39 is 11.7 Å². The predicted molar refractivity (Wildman–Crippen MR) is 80.2 cm³/mol. The van der Waals surface area contributed by atoms with Crippen LogP contribution in [0.1, 0.15) is 17.0 Å². The second kappa shape index (κ2) is 6.35. The molecule has 0 saturated heterocycles. The van der Waals surface area contributed by atoms with E-state index in [-0.39, 0.29) is 23.9 Å². The Labute approximate surface area is 135 Å². The van der Waals surface area contributed by atoms with Crippen molar-refractivity contribution in [2.45, 2.75) is 19.7 Å². The fraction of sp³-hybridized carbons (Fsp3) is 0.176. The van der Waals surface area contributed by atoms with Crippen molar-refractivity contribution in [2.75, 3.05) is 0 Å². The first-order chi connectivity index (χ1) is 11.4. The van der Waals surface area contributed by atoms with Gasteiger partial charge in [-0.15, -0.1) is 0 Å². The summed E-state index contributed by atoms with van der Waals surface area (Å²) < 4.78 is 48.8. The molecule has 124 valence electrons. The van der Waals surface area contributed by atoms with Crippen LogP contribution >= 0.6 is 0 Å².